The molecule has 2 nitrogen and oxygen atoms in total. The zero-order chi connectivity index (χ0) is 9.84. The molecule has 0 aliphatic carbocycles. The lowest BCUT2D eigenvalue weighted by Crippen LogP contribution is -1.98. The third kappa shape index (κ3) is 3.23. The Labute approximate surface area is 79.6 Å². The SMILES string of the molecule is Cc1cc(C(O)CCC(C)C)co1. The van der Waals surface area contributed by atoms with Gasteiger partial charge in [-0.1, -0.05) is 13.8 Å². The maximum atomic E-state index is 9.72. The molecule has 1 rings (SSSR count). The van der Waals surface area contributed by atoms with Crippen LogP contribution in [0.1, 0.15) is 44.1 Å². The van der Waals surface area contributed by atoms with Gasteiger partial charge in [-0.15, -0.1) is 0 Å². The first kappa shape index (κ1) is 10.3. The molecule has 0 aromatic carbocycles. The van der Waals surface area contributed by atoms with E-state index in [1.54, 1.807) is 6.26 Å². The molecule has 1 atom stereocenters. The van der Waals surface area contributed by atoms with Gasteiger partial charge in [0.15, 0.2) is 0 Å². The number of aliphatic hydroxyl groups excluding tert-OH is 1. The van der Waals surface area contributed by atoms with Crippen LogP contribution in [0.15, 0.2) is 16.7 Å². The highest BCUT2D eigenvalue weighted by atomic mass is 16.3. The predicted molar refractivity (Wildman–Crippen MR) is 52.5 cm³/mol. The summed E-state index contributed by atoms with van der Waals surface area (Å²) in [7, 11) is 0. The van der Waals surface area contributed by atoms with Crippen molar-refractivity contribution >= 4 is 0 Å². The van der Waals surface area contributed by atoms with Crippen LogP contribution in [-0.2, 0) is 0 Å². The fraction of sp³-hybridized carbons (Fsp3) is 0.636. The topological polar surface area (TPSA) is 33.4 Å². The van der Waals surface area contributed by atoms with Gasteiger partial charge in [0.05, 0.1) is 12.4 Å². The van der Waals surface area contributed by atoms with Crippen molar-refractivity contribution < 1.29 is 9.52 Å². The van der Waals surface area contributed by atoms with E-state index >= 15 is 0 Å². The van der Waals surface area contributed by atoms with Gasteiger partial charge >= 0.3 is 0 Å². The highest BCUT2D eigenvalue weighted by Gasteiger charge is 2.10. The second-order valence-corrected chi connectivity index (χ2v) is 3.98. The Balaban J connectivity index is 2.44. The molecule has 0 saturated heterocycles. The van der Waals surface area contributed by atoms with E-state index in [2.05, 4.69) is 13.8 Å². The molecule has 1 aromatic rings. The van der Waals surface area contributed by atoms with Crippen LogP contribution in [0.4, 0.5) is 0 Å². The molecule has 74 valence electrons. The van der Waals surface area contributed by atoms with Crippen LogP contribution in [0.25, 0.3) is 0 Å². The van der Waals surface area contributed by atoms with Crippen LogP contribution < -0.4 is 0 Å². The quantitative estimate of drug-likeness (QED) is 0.776. The van der Waals surface area contributed by atoms with Crippen LogP contribution in [0.5, 0.6) is 0 Å². The van der Waals surface area contributed by atoms with E-state index in [0.29, 0.717) is 5.92 Å². The van der Waals surface area contributed by atoms with Gasteiger partial charge in [0.25, 0.3) is 0 Å². The molecule has 0 spiro atoms. The minimum atomic E-state index is -0.361. The van der Waals surface area contributed by atoms with E-state index in [0.717, 1.165) is 24.2 Å². The van der Waals surface area contributed by atoms with Crippen LogP contribution in [-0.4, -0.2) is 5.11 Å². The molecule has 1 unspecified atom stereocenters. The Kier molecular flexibility index (Phi) is 3.55. The van der Waals surface area contributed by atoms with Gasteiger partial charge in [0.2, 0.25) is 0 Å². The van der Waals surface area contributed by atoms with Crippen molar-refractivity contribution in [2.75, 3.05) is 0 Å². The standard InChI is InChI=1S/C11H18O2/c1-8(2)4-5-11(12)10-6-9(3)13-7-10/h6-8,11-12H,4-5H2,1-3H3. The largest absolute Gasteiger partial charge is 0.469 e. The lowest BCUT2D eigenvalue weighted by molar-refractivity contribution is 0.158. The van der Waals surface area contributed by atoms with Crippen molar-refractivity contribution in [3.05, 3.63) is 23.7 Å². The van der Waals surface area contributed by atoms with Crippen molar-refractivity contribution in [2.45, 2.75) is 39.7 Å². The van der Waals surface area contributed by atoms with E-state index < -0.39 is 0 Å². The molecule has 0 radical (unpaired) electrons. The van der Waals surface area contributed by atoms with Gasteiger partial charge in [-0.05, 0) is 31.7 Å². The molecule has 13 heavy (non-hydrogen) atoms. The molecule has 0 amide bonds. The van der Waals surface area contributed by atoms with Crippen molar-refractivity contribution in [2.24, 2.45) is 5.92 Å². The molecule has 0 saturated carbocycles. The number of aryl methyl sites for hydroxylation is 1. The van der Waals surface area contributed by atoms with Crippen LogP contribution in [0, 0.1) is 12.8 Å². The lowest BCUT2D eigenvalue weighted by atomic mass is 10.0. The van der Waals surface area contributed by atoms with Crippen molar-refractivity contribution in [3.8, 4) is 0 Å². The van der Waals surface area contributed by atoms with E-state index in [9.17, 15) is 5.11 Å². The Morgan fingerprint density at radius 2 is 2.08 bits per heavy atom. The highest BCUT2D eigenvalue weighted by molar-refractivity contribution is 5.14. The molecule has 0 fully saturated rings. The Bertz CT molecular complexity index is 250. The van der Waals surface area contributed by atoms with Gasteiger partial charge in [-0.2, -0.15) is 0 Å². The highest BCUT2D eigenvalue weighted by Crippen LogP contribution is 2.22. The number of rotatable bonds is 4. The summed E-state index contributed by atoms with van der Waals surface area (Å²) in [6.07, 6.45) is 3.14. The third-order valence-electron chi connectivity index (χ3n) is 2.15. The number of hydrogen-bond acceptors (Lipinski definition) is 2. The van der Waals surface area contributed by atoms with Crippen molar-refractivity contribution in [1.82, 2.24) is 0 Å². The lowest BCUT2D eigenvalue weighted by Gasteiger charge is -2.09. The molecule has 0 bridgehead atoms. The molecule has 0 aliphatic rings. The normalized spacial score (nSPS) is 13.6. The van der Waals surface area contributed by atoms with Crippen LogP contribution in [0.3, 0.4) is 0 Å². The van der Waals surface area contributed by atoms with Crippen molar-refractivity contribution in [1.29, 1.82) is 0 Å². The first-order chi connectivity index (χ1) is 6.09. The minimum Gasteiger partial charge on any atom is -0.469 e. The maximum absolute atomic E-state index is 9.72. The smallest absolute Gasteiger partial charge is 0.101 e. The second kappa shape index (κ2) is 4.47. The van der Waals surface area contributed by atoms with Crippen LogP contribution >= 0.6 is 0 Å². The monoisotopic (exact) mass is 182 g/mol. The van der Waals surface area contributed by atoms with Gasteiger partial charge in [-0.25, -0.2) is 0 Å². The fourth-order valence-electron chi connectivity index (χ4n) is 1.30. The summed E-state index contributed by atoms with van der Waals surface area (Å²) in [6.45, 7) is 6.21. The molecule has 1 heterocycles. The average molecular weight is 182 g/mol. The summed E-state index contributed by atoms with van der Waals surface area (Å²) < 4.78 is 5.13. The summed E-state index contributed by atoms with van der Waals surface area (Å²) in [5.41, 5.74) is 0.901. The summed E-state index contributed by atoms with van der Waals surface area (Å²) in [6, 6.07) is 1.89. The average Bonchev–Trinajstić information content (AvgIpc) is 2.47. The van der Waals surface area contributed by atoms with E-state index in [-0.39, 0.29) is 6.10 Å². The van der Waals surface area contributed by atoms with E-state index in [4.69, 9.17) is 4.42 Å². The van der Waals surface area contributed by atoms with Gasteiger partial charge in [0, 0.05) is 5.56 Å². The summed E-state index contributed by atoms with van der Waals surface area (Å²) in [5.74, 6) is 1.50. The summed E-state index contributed by atoms with van der Waals surface area (Å²) in [4.78, 5) is 0. The zero-order valence-corrected chi connectivity index (χ0v) is 8.58. The van der Waals surface area contributed by atoms with Crippen molar-refractivity contribution in [3.63, 3.8) is 0 Å². The van der Waals surface area contributed by atoms with E-state index in [1.807, 2.05) is 13.0 Å². The molecule has 2 heteroatoms. The van der Waals surface area contributed by atoms with Gasteiger partial charge < -0.3 is 9.52 Å². The Hall–Kier alpha value is -0.760. The number of aliphatic hydroxyl groups is 1. The van der Waals surface area contributed by atoms with Gasteiger partial charge in [-0.3, -0.25) is 0 Å². The summed E-state index contributed by atoms with van der Waals surface area (Å²) >= 11 is 0. The molecule has 1 aromatic heterocycles. The second-order valence-electron chi connectivity index (χ2n) is 3.98. The molecular formula is C11H18O2. The van der Waals surface area contributed by atoms with Crippen LogP contribution in [0.2, 0.25) is 0 Å². The fourth-order valence-corrected chi connectivity index (χ4v) is 1.30. The summed E-state index contributed by atoms with van der Waals surface area (Å²) in [5, 5.41) is 9.72. The molecule has 1 N–H and O–H groups in total. The van der Waals surface area contributed by atoms with E-state index in [1.165, 1.54) is 0 Å². The maximum Gasteiger partial charge on any atom is 0.101 e. The predicted octanol–water partition coefficient (Wildman–Crippen LogP) is 3.06. The first-order valence-electron chi connectivity index (χ1n) is 4.82. The molecular weight excluding hydrogens is 164 g/mol. The Morgan fingerprint density at radius 1 is 1.38 bits per heavy atom. The number of hydrogen-bond donors (Lipinski definition) is 1. The zero-order valence-electron chi connectivity index (χ0n) is 8.58. The first-order valence-corrected chi connectivity index (χ1v) is 4.82. The minimum absolute atomic E-state index is 0.361. The number of furan rings is 1. The Morgan fingerprint density at radius 3 is 2.54 bits per heavy atom. The van der Waals surface area contributed by atoms with Gasteiger partial charge in [0.1, 0.15) is 5.76 Å². The third-order valence-corrected chi connectivity index (χ3v) is 2.15. The molecule has 0 aliphatic heterocycles.